The van der Waals surface area contributed by atoms with Crippen LogP contribution in [0.15, 0.2) is 41.5 Å². The van der Waals surface area contributed by atoms with Gasteiger partial charge in [-0.25, -0.2) is 4.98 Å². The molecule has 1 aliphatic carbocycles. The summed E-state index contributed by atoms with van der Waals surface area (Å²) in [5.74, 6) is 1.37. The summed E-state index contributed by atoms with van der Waals surface area (Å²) in [6, 6.07) is 3.74. The average Bonchev–Trinajstić information content (AvgIpc) is 2.64. The highest BCUT2D eigenvalue weighted by Crippen LogP contribution is 2.23. The molecular formula is C19H22N4O. The number of hydrogen-bond donors (Lipinski definition) is 1. The average molecular weight is 322 g/mol. The largest absolute Gasteiger partial charge is 0.306 e. The summed E-state index contributed by atoms with van der Waals surface area (Å²) in [7, 11) is 0. The molecule has 4 rings (SSSR count). The van der Waals surface area contributed by atoms with E-state index in [1.165, 1.54) is 19.3 Å². The molecule has 0 saturated carbocycles. The van der Waals surface area contributed by atoms with Gasteiger partial charge in [-0.05, 0) is 37.3 Å². The predicted molar refractivity (Wildman–Crippen MR) is 93.6 cm³/mol. The van der Waals surface area contributed by atoms with Gasteiger partial charge >= 0.3 is 0 Å². The predicted octanol–water partition coefficient (Wildman–Crippen LogP) is 2.55. The van der Waals surface area contributed by atoms with Crippen molar-refractivity contribution in [1.29, 1.82) is 0 Å². The number of nitrogens with one attached hydrogen (secondary N) is 1. The van der Waals surface area contributed by atoms with Crippen molar-refractivity contribution in [3.05, 3.63) is 58.3 Å². The molecule has 0 bridgehead atoms. The van der Waals surface area contributed by atoms with Gasteiger partial charge in [0.25, 0.3) is 5.56 Å². The van der Waals surface area contributed by atoms with E-state index in [4.69, 9.17) is 4.98 Å². The Bertz CT molecular complexity index is 797. The number of H-pyrrole nitrogens is 1. The number of pyridine rings is 1. The molecule has 0 spiro atoms. The number of aromatic amines is 1. The normalized spacial score (nSPS) is 20.8. The minimum atomic E-state index is 0.0000484. The smallest absolute Gasteiger partial charge is 0.255 e. The summed E-state index contributed by atoms with van der Waals surface area (Å²) >= 11 is 0. The maximum Gasteiger partial charge on any atom is 0.255 e. The van der Waals surface area contributed by atoms with E-state index in [-0.39, 0.29) is 5.56 Å². The molecule has 3 heterocycles. The van der Waals surface area contributed by atoms with Crippen molar-refractivity contribution in [2.45, 2.75) is 32.2 Å². The summed E-state index contributed by atoms with van der Waals surface area (Å²) in [4.78, 5) is 26.6. The van der Waals surface area contributed by atoms with Gasteiger partial charge in [-0.15, -0.1) is 0 Å². The highest BCUT2D eigenvalue weighted by molar-refractivity contribution is 5.54. The zero-order valence-electron chi connectivity index (χ0n) is 13.7. The molecule has 124 valence electrons. The third-order valence-electron chi connectivity index (χ3n) is 5.00. The molecule has 2 aromatic rings. The fraction of sp³-hybridized carbons (Fsp3) is 0.421. The number of rotatable bonds is 3. The van der Waals surface area contributed by atoms with Crippen LogP contribution in [0.1, 0.15) is 30.5 Å². The van der Waals surface area contributed by atoms with Crippen molar-refractivity contribution in [2.24, 2.45) is 5.92 Å². The van der Waals surface area contributed by atoms with E-state index in [2.05, 4.69) is 27.0 Å². The van der Waals surface area contributed by atoms with E-state index >= 15 is 0 Å². The molecule has 2 aromatic heterocycles. The number of fused-ring (bicyclic) bond motifs is 1. The summed E-state index contributed by atoms with van der Waals surface area (Å²) in [6.45, 7) is 2.78. The van der Waals surface area contributed by atoms with Gasteiger partial charge in [-0.3, -0.25) is 14.7 Å². The van der Waals surface area contributed by atoms with Gasteiger partial charge in [0.05, 0.1) is 11.3 Å². The minimum absolute atomic E-state index is 0.0000484. The van der Waals surface area contributed by atoms with E-state index < -0.39 is 0 Å². The zero-order chi connectivity index (χ0) is 16.4. The van der Waals surface area contributed by atoms with Gasteiger partial charge in [0.1, 0.15) is 5.82 Å². The second-order valence-electron chi connectivity index (χ2n) is 6.71. The third-order valence-corrected chi connectivity index (χ3v) is 5.00. The topological polar surface area (TPSA) is 61.9 Å². The first-order chi connectivity index (χ1) is 11.8. The Morgan fingerprint density at radius 2 is 2.12 bits per heavy atom. The molecule has 0 aromatic carbocycles. The van der Waals surface area contributed by atoms with E-state index in [9.17, 15) is 4.79 Å². The van der Waals surface area contributed by atoms with Crippen molar-refractivity contribution in [2.75, 3.05) is 13.1 Å². The SMILES string of the molecule is O=c1[nH]c(-c2ccncc2)nc2c1CN(C[C@H]1CC=CCC1)CC2. The van der Waals surface area contributed by atoms with Crippen LogP contribution < -0.4 is 5.56 Å². The monoisotopic (exact) mass is 322 g/mol. The third kappa shape index (κ3) is 3.17. The summed E-state index contributed by atoms with van der Waals surface area (Å²) in [6.07, 6.45) is 12.5. The van der Waals surface area contributed by atoms with Crippen molar-refractivity contribution < 1.29 is 0 Å². The molecule has 0 saturated heterocycles. The lowest BCUT2D eigenvalue weighted by Crippen LogP contribution is -2.38. The molecule has 0 radical (unpaired) electrons. The van der Waals surface area contributed by atoms with Crippen LogP contribution in [-0.2, 0) is 13.0 Å². The maximum atomic E-state index is 12.5. The lowest BCUT2D eigenvalue weighted by atomic mass is 9.93. The Kier molecular flexibility index (Phi) is 4.26. The summed E-state index contributed by atoms with van der Waals surface area (Å²) in [5.41, 5.74) is 2.69. The second-order valence-corrected chi connectivity index (χ2v) is 6.71. The number of allylic oxidation sites excluding steroid dienone is 2. The Balaban J connectivity index is 1.54. The van der Waals surface area contributed by atoms with Crippen molar-refractivity contribution in [3.63, 3.8) is 0 Å². The van der Waals surface area contributed by atoms with Crippen LogP contribution in [0.3, 0.4) is 0 Å². The molecular weight excluding hydrogens is 300 g/mol. The Morgan fingerprint density at radius 3 is 2.92 bits per heavy atom. The molecule has 1 aliphatic heterocycles. The molecule has 1 N–H and O–H groups in total. The van der Waals surface area contributed by atoms with Gasteiger partial charge in [-0.2, -0.15) is 0 Å². The molecule has 0 amide bonds. The van der Waals surface area contributed by atoms with Gasteiger partial charge in [-0.1, -0.05) is 12.2 Å². The van der Waals surface area contributed by atoms with Crippen molar-refractivity contribution >= 4 is 0 Å². The second kappa shape index (κ2) is 6.69. The maximum absolute atomic E-state index is 12.5. The molecule has 5 nitrogen and oxygen atoms in total. The number of hydrogen-bond acceptors (Lipinski definition) is 4. The van der Waals surface area contributed by atoms with Crippen molar-refractivity contribution in [1.82, 2.24) is 19.9 Å². The molecule has 1 atom stereocenters. The fourth-order valence-corrected chi connectivity index (χ4v) is 3.67. The van der Waals surface area contributed by atoms with E-state index in [0.29, 0.717) is 12.4 Å². The van der Waals surface area contributed by atoms with Gasteiger partial charge in [0.2, 0.25) is 0 Å². The van der Waals surface area contributed by atoms with Crippen LogP contribution in [0.5, 0.6) is 0 Å². The van der Waals surface area contributed by atoms with Crippen LogP contribution in [-0.4, -0.2) is 32.9 Å². The van der Waals surface area contributed by atoms with Gasteiger partial charge in [0.15, 0.2) is 0 Å². The van der Waals surface area contributed by atoms with Gasteiger partial charge < -0.3 is 4.98 Å². The first-order valence-corrected chi connectivity index (χ1v) is 8.69. The molecule has 24 heavy (non-hydrogen) atoms. The Labute approximate surface area is 141 Å². The van der Waals surface area contributed by atoms with Crippen LogP contribution in [0.25, 0.3) is 11.4 Å². The first-order valence-electron chi connectivity index (χ1n) is 8.69. The number of nitrogens with zero attached hydrogens (tertiary/aromatic N) is 3. The van der Waals surface area contributed by atoms with Crippen LogP contribution in [0.2, 0.25) is 0 Å². The molecule has 0 unspecified atom stereocenters. The van der Waals surface area contributed by atoms with E-state index in [0.717, 1.165) is 42.2 Å². The zero-order valence-corrected chi connectivity index (χ0v) is 13.7. The molecule has 0 fully saturated rings. The first kappa shape index (κ1) is 15.3. The summed E-state index contributed by atoms with van der Waals surface area (Å²) < 4.78 is 0. The van der Waals surface area contributed by atoms with Crippen LogP contribution in [0.4, 0.5) is 0 Å². The number of aromatic nitrogens is 3. The standard InChI is InChI=1S/C19H22N4O/c24-19-16-13-23(12-14-4-2-1-3-5-14)11-8-17(16)21-18(22-19)15-6-9-20-10-7-15/h1-2,6-7,9-10,14H,3-5,8,11-13H2,(H,21,22,24)/t14-/m0/s1. The lowest BCUT2D eigenvalue weighted by molar-refractivity contribution is 0.204. The van der Waals surface area contributed by atoms with Gasteiger partial charge in [0, 0.05) is 44.0 Å². The highest BCUT2D eigenvalue weighted by atomic mass is 16.1. The van der Waals surface area contributed by atoms with Crippen LogP contribution >= 0.6 is 0 Å². The summed E-state index contributed by atoms with van der Waals surface area (Å²) in [5, 5.41) is 0. The molecule has 5 heteroatoms. The van der Waals surface area contributed by atoms with Crippen LogP contribution in [0, 0.1) is 5.92 Å². The van der Waals surface area contributed by atoms with E-state index in [1.807, 2.05) is 12.1 Å². The van der Waals surface area contributed by atoms with E-state index in [1.54, 1.807) is 12.4 Å². The quantitative estimate of drug-likeness (QED) is 0.882. The Morgan fingerprint density at radius 1 is 1.25 bits per heavy atom. The lowest BCUT2D eigenvalue weighted by Gasteiger charge is -2.31. The Hall–Kier alpha value is -2.27. The fourth-order valence-electron chi connectivity index (χ4n) is 3.67. The highest BCUT2D eigenvalue weighted by Gasteiger charge is 2.23. The minimum Gasteiger partial charge on any atom is -0.306 e. The molecule has 2 aliphatic rings. The van der Waals surface area contributed by atoms with Crippen molar-refractivity contribution in [3.8, 4) is 11.4 Å².